The van der Waals surface area contributed by atoms with Gasteiger partial charge in [0.05, 0.1) is 5.58 Å². The summed E-state index contributed by atoms with van der Waals surface area (Å²) in [6.45, 7) is 12.6. The second-order valence-corrected chi connectivity index (χ2v) is 5.57. The third-order valence-electron chi connectivity index (χ3n) is 1.91. The number of oxazole rings is 1. The summed E-state index contributed by atoms with van der Waals surface area (Å²) in [6, 6.07) is 1.94. The van der Waals surface area contributed by atoms with Gasteiger partial charge in [0, 0.05) is 5.52 Å². The molecule has 0 unspecified atom stereocenters. The van der Waals surface area contributed by atoms with E-state index in [0.29, 0.717) is 5.58 Å². The summed E-state index contributed by atoms with van der Waals surface area (Å²) in [5.74, 6) is 1.42. The Morgan fingerprint density at radius 1 is 1.22 bits per heavy atom. The summed E-state index contributed by atoms with van der Waals surface area (Å²) in [5.41, 5.74) is 2.45. The standard InChI is InChI=1S/C10H11N2O.C4H9.W/c1-10(2,3)9-4-7-8(5-11-9)13-6-12-7;1-4(2)3;/h4,6H,1-3H3;1-3H3;/q2*-1;+2. The van der Waals surface area contributed by atoms with Crippen LogP contribution in [0.2, 0.25) is 0 Å². The molecule has 3 nitrogen and oxygen atoms in total. The van der Waals surface area contributed by atoms with E-state index in [9.17, 15) is 0 Å². The SMILES string of the molecule is CC(C)(C)c1cc2ncoc2[c-]n1.C[C-](C)C.[W+2]. The predicted molar refractivity (Wildman–Crippen MR) is 69.6 cm³/mol. The van der Waals surface area contributed by atoms with Crippen molar-refractivity contribution in [1.29, 1.82) is 0 Å². The largest absolute Gasteiger partial charge is 2.00 e. The Kier molecular flexibility index (Phi) is 6.76. The summed E-state index contributed by atoms with van der Waals surface area (Å²) in [4.78, 5) is 8.25. The van der Waals surface area contributed by atoms with Gasteiger partial charge in [-0.2, -0.15) is 20.8 Å². The van der Waals surface area contributed by atoms with E-state index >= 15 is 0 Å². The minimum absolute atomic E-state index is 0. The predicted octanol–water partition coefficient (Wildman–Crippen LogP) is 3.94. The van der Waals surface area contributed by atoms with Gasteiger partial charge in [0.15, 0.2) is 6.39 Å². The van der Waals surface area contributed by atoms with Crippen molar-refractivity contribution in [3.63, 3.8) is 0 Å². The average molecular weight is 416 g/mol. The van der Waals surface area contributed by atoms with Crippen LogP contribution in [-0.4, -0.2) is 9.97 Å². The van der Waals surface area contributed by atoms with Gasteiger partial charge in [-0.1, -0.05) is 26.5 Å². The number of fused-ring (bicyclic) bond motifs is 1. The Labute approximate surface area is 124 Å². The zero-order valence-corrected chi connectivity index (χ0v) is 14.8. The first-order chi connectivity index (χ1) is 7.80. The van der Waals surface area contributed by atoms with Crippen molar-refractivity contribution in [2.45, 2.75) is 47.0 Å². The quantitative estimate of drug-likeness (QED) is 0.611. The van der Waals surface area contributed by atoms with E-state index in [-0.39, 0.29) is 26.5 Å². The number of hydrogen-bond acceptors (Lipinski definition) is 3. The zero-order chi connectivity index (χ0) is 13.1. The fourth-order valence-electron chi connectivity index (χ4n) is 1.10. The molecule has 2 aromatic heterocycles. The minimum atomic E-state index is 0. The molecule has 0 N–H and O–H groups in total. The van der Waals surface area contributed by atoms with Crippen molar-refractivity contribution in [2.75, 3.05) is 0 Å². The van der Waals surface area contributed by atoms with Crippen molar-refractivity contribution in [1.82, 2.24) is 9.97 Å². The summed E-state index contributed by atoms with van der Waals surface area (Å²) in [7, 11) is 0. The molecule has 98 valence electrons. The Balaban J connectivity index is 0.000000512. The van der Waals surface area contributed by atoms with E-state index < -0.39 is 0 Å². The molecule has 0 atom stereocenters. The summed E-state index contributed by atoms with van der Waals surface area (Å²) < 4.78 is 5.06. The zero-order valence-electron chi connectivity index (χ0n) is 11.9. The van der Waals surface area contributed by atoms with Crippen LogP contribution >= 0.6 is 0 Å². The van der Waals surface area contributed by atoms with Crippen LogP contribution in [0.5, 0.6) is 0 Å². The topological polar surface area (TPSA) is 38.9 Å². The average Bonchev–Trinajstić information content (AvgIpc) is 2.61. The fourth-order valence-corrected chi connectivity index (χ4v) is 1.10. The van der Waals surface area contributed by atoms with Crippen molar-refractivity contribution < 1.29 is 25.5 Å². The second kappa shape index (κ2) is 7.03. The molecule has 0 saturated heterocycles. The molecule has 0 radical (unpaired) electrons. The smallest absolute Gasteiger partial charge is 0.469 e. The number of pyridine rings is 1. The van der Waals surface area contributed by atoms with Crippen molar-refractivity contribution in [3.8, 4) is 0 Å². The number of rotatable bonds is 0. The molecule has 0 aromatic carbocycles. The molecule has 0 saturated carbocycles. The maximum absolute atomic E-state index is 5.06. The molecule has 0 spiro atoms. The third kappa shape index (κ3) is 5.30. The Morgan fingerprint density at radius 3 is 2.28 bits per heavy atom. The van der Waals surface area contributed by atoms with Gasteiger partial charge < -0.3 is 15.3 Å². The third-order valence-corrected chi connectivity index (χ3v) is 1.91. The summed E-state index contributed by atoms with van der Waals surface area (Å²) in [5, 5.41) is 0. The van der Waals surface area contributed by atoms with Crippen LogP contribution in [0.4, 0.5) is 0 Å². The molecule has 2 rings (SSSR count). The van der Waals surface area contributed by atoms with Gasteiger partial charge in [0.1, 0.15) is 0 Å². The van der Waals surface area contributed by atoms with Crippen molar-refractivity contribution >= 4 is 11.1 Å². The molecular formula is C14H20N2OW. The number of aromatic nitrogens is 2. The van der Waals surface area contributed by atoms with Crippen LogP contribution in [-0.2, 0) is 26.5 Å². The van der Waals surface area contributed by atoms with Crippen molar-refractivity contribution in [2.24, 2.45) is 0 Å². The van der Waals surface area contributed by atoms with Gasteiger partial charge in [0.25, 0.3) is 0 Å². The normalized spacial score (nSPS) is 10.8. The summed E-state index contributed by atoms with van der Waals surface area (Å²) in [6.07, 6.45) is 4.24. The van der Waals surface area contributed by atoms with Crippen LogP contribution in [0.25, 0.3) is 11.1 Å². The van der Waals surface area contributed by atoms with Gasteiger partial charge in [-0.05, 0) is 11.6 Å². The molecule has 18 heavy (non-hydrogen) atoms. The second-order valence-electron chi connectivity index (χ2n) is 5.57. The van der Waals surface area contributed by atoms with Gasteiger partial charge in [0.2, 0.25) is 0 Å². The molecule has 0 aliphatic carbocycles. The van der Waals surface area contributed by atoms with Crippen LogP contribution in [0.15, 0.2) is 16.9 Å². The maximum Gasteiger partial charge on any atom is 2.00 e. The molecule has 4 heteroatoms. The van der Waals surface area contributed by atoms with E-state index in [4.69, 9.17) is 4.42 Å². The molecule has 0 bridgehead atoms. The van der Waals surface area contributed by atoms with E-state index in [2.05, 4.69) is 57.7 Å². The number of hydrogen-bond donors (Lipinski definition) is 0. The van der Waals surface area contributed by atoms with Gasteiger partial charge >= 0.3 is 21.1 Å². The molecule has 0 aliphatic rings. The van der Waals surface area contributed by atoms with E-state index in [0.717, 1.165) is 11.2 Å². The Bertz CT molecular complexity index is 469. The van der Waals surface area contributed by atoms with E-state index in [1.54, 1.807) is 0 Å². The first-order valence-corrected chi connectivity index (χ1v) is 5.70. The molecule has 0 fully saturated rings. The fraction of sp³-hybridized carbons (Fsp3) is 0.500. The van der Waals surface area contributed by atoms with Crippen LogP contribution in [0.1, 0.15) is 47.2 Å². The van der Waals surface area contributed by atoms with Crippen LogP contribution in [0, 0.1) is 12.1 Å². The minimum Gasteiger partial charge on any atom is -0.469 e. The molecule has 2 heterocycles. The molecule has 0 aliphatic heterocycles. The molecular weight excluding hydrogens is 396 g/mol. The molecule has 0 amide bonds. The Morgan fingerprint density at radius 2 is 1.78 bits per heavy atom. The molecule has 2 aromatic rings. The van der Waals surface area contributed by atoms with Gasteiger partial charge in [-0.3, -0.25) is 4.98 Å². The van der Waals surface area contributed by atoms with Crippen LogP contribution in [0.3, 0.4) is 0 Å². The van der Waals surface area contributed by atoms with E-state index in [1.165, 1.54) is 12.3 Å². The first-order valence-electron chi connectivity index (χ1n) is 5.70. The monoisotopic (exact) mass is 416 g/mol. The number of nitrogens with zero attached hydrogens (tertiary/aromatic N) is 2. The van der Waals surface area contributed by atoms with Gasteiger partial charge in [-0.25, -0.2) is 0 Å². The van der Waals surface area contributed by atoms with E-state index in [1.807, 2.05) is 6.07 Å². The van der Waals surface area contributed by atoms with Crippen LogP contribution < -0.4 is 0 Å². The maximum atomic E-state index is 5.06. The summed E-state index contributed by atoms with van der Waals surface area (Å²) >= 11 is 0. The first kappa shape index (κ1) is 17.3. The Hall–Kier alpha value is -0.692. The van der Waals surface area contributed by atoms with Gasteiger partial charge in [-0.15, -0.1) is 6.07 Å². The van der Waals surface area contributed by atoms with Crippen molar-refractivity contribution in [3.05, 3.63) is 30.3 Å².